The number of hydrazine groups is 1. The molecular formula is C20H22N2O4. The Bertz CT molecular complexity index is 815. The fraction of sp³-hybridized carbons (Fsp3) is 0.300. The monoisotopic (exact) mass is 354 g/mol. The highest BCUT2D eigenvalue weighted by atomic mass is 16.6. The summed E-state index contributed by atoms with van der Waals surface area (Å²) in [5, 5.41) is 0. The summed E-state index contributed by atoms with van der Waals surface area (Å²) < 4.78 is 11.1. The first kappa shape index (κ1) is 17.8. The summed E-state index contributed by atoms with van der Waals surface area (Å²) in [5.41, 5.74) is 6.10. The van der Waals surface area contributed by atoms with Gasteiger partial charge >= 0.3 is 0 Å². The molecule has 0 aromatic heterocycles. The van der Waals surface area contributed by atoms with E-state index in [4.69, 9.17) is 9.47 Å². The molecule has 1 unspecified atom stereocenters. The lowest BCUT2D eigenvalue weighted by atomic mass is 9.83. The summed E-state index contributed by atoms with van der Waals surface area (Å²) in [6.45, 7) is 5.67. The summed E-state index contributed by atoms with van der Waals surface area (Å²) in [7, 11) is 0. The van der Waals surface area contributed by atoms with E-state index in [2.05, 4.69) is 10.9 Å². The van der Waals surface area contributed by atoms with Gasteiger partial charge in [0.1, 0.15) is 6.61 Å². The molecule has 0 spiro atoms. The molecule has 6 nitrogen and oxygen atoms in total. The van der Waals surface area contributed by atoms with Crippen molar-refractivity contribution >= 4 is 11.8 Å². The molecule has 2 amide bonds. The average Bonchev–Trinajstić information content (AvgIpc) is 2.65. The van der Waals surface area contributed by atoms with Gasteiger partial charge in [-0.3, -0.25) is 20.4 Å². The van der Waals surface area contributed by atoms with Crippen LogP contribution in [-0.2, 0) is 15.0 Å². The van der Waals surface area contributed by atoms with Crippen molar-refractivity contribution in [2.24, 2.45) is 0 Å². The molecule has 2 aromatic carbocycles. The summed E-state index contributed by atoms with van der Waals surface area (Å²) in [6.07, 6.45) is -0.826. The lowest BCUT2D eigenvalue weighted by molar-refractivity contribution is -0.136. The van der Waals surface area contributed by atoms with Crippen LogP contribution >= 0.6 is 0 Å². The summed E-state index contributed by atoms with van der Waals surface area (Å²) >= 11 is 0. The second-order valence-electron chi connectivity index (χ2n) is 6.80. The predicted molar refractivity (Wildman–Crippen MR) is 96.8 cm³/mol. The van der Waals surface area contributed by atoms with E-state index < -0.39 is 17.4 Å². The number of carbonyl (C=O) groups is 2. The first-order valence-corrected chi connectivity index (χ1v) is 8.44. The highest BCUT2D eigenvalue weighted by Gasteiger charge is 2.32. The van der Waals surface area contributed by atoms with Crippen LogP contribution in [0.25, 0.3) is 0 Å². The van der Waals surface area contributed by atoms with E-state index in [9.17, 15) is 9.59 Å². The zero-order valence-corrected chi connectivity index (χ0v) is 15.0. The largest absolute Gasteiger partial charge is 0.485 e. The number of ether oxygens (including phenoxy) is 2. The van der Waals surface area contributed by atoms with Gasteiger partial charge in [-0.15, -0.1) is 0 Å². The van der Waals surface area contributed by atoms with Crippen LogP contribution in [0.3, 0.4) is 0 Å². The van der Waals surface area contributed by atoms with Gasteiger partial charge in [0.15, 0.2) is 11.5 Å². The number of para-hydroxylation sites is 2. The van der Waals surface area contributed by atoms with Crippen LogP contribution < -0.4 is 20.3 Å². The number of nitrogens with one attached hydrogen (secondary N) is 2. The first-order valence-electron chi connectivity index (χ1n) is 8.44. The van der Waals surface area contributed by atoms with Crippen molar-refractivity contribution in [3.63, 3.8) is 0 Å². The van der Waals surface area contributed by atoms with Crippen LogP contribution in [0.4, 0.5) is 0 Å². The van der Waals surface area contributed by atoms with Crippen LogP contribution in [0, 0.1) is 6.92 Å². The number of benzene rings is 2. The normalized spacial score (nSPS) is 15.9. The molecule has 6 heteroatoms. The van der Waals surface area contributed by atoms with Gasteiger partial charge in [0.25, 0.3) is 5.91 Å². The minimum Gasteiger partial charge on any atom is -0.485 e. The van der Waals surface area contributed by atoms with Crippen molar-refractivity contribution in [1.82, 2.24) is 10.9 Å². The van der Waals surface area contributed by atoms with Gasteiger partial charge in [-0.25, -0.2) is 0 Å². The Balaban J connectivity index is 1.59. The molecule has 0 saturated heterocycles. The third kappa shape index (κ3) is 3.64. The van der Waals surface area contributed by atoms with E-state index in [1.54, 1.807) is 32.0 Å². The molecule has 0 radical (unpaired) electrons. The van der Waals surface area contributed by atoms with E-state index in [0.717, 1.165) is 11.1 Å². The summed E-state index contributed by atoms with van der Waals surface area (Å²) in [6, 6.07) is 14.9. The van der Waals surface area contributed by atoms with E-state index in [1.165, 1.54) is 0 Å². The van der Waals surface area contributed by atoms with Crippen LogP contribution in [-0.4, -0.2) is 24.5 Å². The van der Waals surface area contributed by atoms with Gasteiger partial charge in [-0.1, -0.05) is 42.0 Å². The van der Waals surface area contributed by atoms with Crippen molar-refractivity contribution in [1.29, 1.82) is 0 Å². The molecule has 0 fully saturated rings. The van der Waals surface area contributed by atoms with Crippen LogP contribution in [0.2, 0.25) is 0 Å². The van der Waals surface area contributed by atoms with Crippen molar-refractivity contribution in [3.8, 4) is 11.5 Å². The zero-order valence-electron chi connectivity index (χ0n) is 15.0. The van der Waals surface area contributed by atoms with Crippen LogP contribution in [0.5, 0.6) is 11.5 Å². The van der Waals surface area contributed by atoms with Gasteiger partial charge in [0, 0.05) is 0 Å². The maximum absolute atomic E-state index is 12.5. The number of amides is 2. The Morgan fingerprint density at radius 1 is 1.00 bits per heavy atom. The van der Waals surface area contributed by atoms with Gasteiger partial charge in [0.05, 0.1) is 5.41 Å². The average molecular weight is 354 g/mol. The molecule has 0 aliphatic carbocycles. The second-order valence-corrected chi connectivity index (χ2v) is 6.80. The van der Waals surface area contributed by atoms with Gasteiger partial charge in [-0.05, 0) is 38.5 Å². The maximum atomic E-state index is 12.5. The minimum atomic E-state index is -0.826. The van der Waals surface area contributed by atoms with E-state index in [0.29, 0.717) is 11.5 Å². The molecule has 1 heterocycles. The Kier molecular flexibility index (Phi) is 4.84. The van der Waals surface area contributed by atoms with Crippen molar-refractivity contribution < 1.29 is 19.1 Å². The highest BCUT2D eigenvalue weighted by Crippen LogP contribution is 2.30. The summed E-state index contributed by atoms with van der Waals surface area (Å²) in [5.74, 6) is 0.325. The standard InChI is InChI=1S/C20H22N2O4/c1-13-8-10-14(11-9-13)20(2,3)19(24)22-21-18(23)17-12-25-15-6-4-5-7-16(15)26-17/h4-11,17H,12H2,1-3H3,(H,21,23)(H,22,24). The molecule has 3 rings (SSSR count). The number of hydrogen-bond acceptors (Lipinski definition) is 4. The number of hydrogen-bond donors (Lipinski definition) is 2. The Morgan fingerprint density at radius 2 is 1.65 bits per heavy atom. The summed E-state index contributed by atoms with van der Waals surface area (Å²) in [4.78, 5) is 24.8. The molecule has 1 aliphatic heterocycles. The van der Waals surface area contributed by atoms with Crippen molar-refractivity contribution in [2.45, 2.75) is 32.3 Å². The molecule has 0 bridgehead atoms. The topological polar surface area (TPSA) is 76.7 Å². The second kappa shape index (κ2) is 7.07. The van der Waals surface area contributed by atoms with Crippen molar-refractivity contribution in [2.75, 3.05) is 6.61 Å². The lowest BCUT2D eigenvalue weighted by Gasteiger charge is -2.27. The SMILES string of the molecule is Cc1ccc(C(C)(C)C(=O)NNC(=O)C2COc3ccccc3O2)cc1. The Hall–Kier alpha value is -3.02. The van der Waals surface area contributed by atoms with Gasteiger partial charge in [0.2, 0.25) is 12.0 Å². The van der Waals surface area contributed by atoms with Gasteiger partial charge < -0.3 is 9.47 Å². The fourth-order valence-electron chi connectivity index (χ4n) is 2.61. The number of aryl methyl sites for hydroxylation is 1. The number of fused-ring (bicyclic) bond motifs is 1. The molecule has 136 valence electrons. The zero-order chi connectivity index (χ0) is 18.7. The third-order valence-corrected chi connectivity index (χ3v) is 4.44. The Labute approximate surface area is 152 Å². The van der Waals surface area contributed by atoms with Crippen LogP contribution in [0.15, 0.2) is 48.5 Å². The minimum absolute atomic E-state index is 0.0834. The highest BCUT2D eigenvalue weighted by molar-refractivity contribution is 5.90. The van der Waals surface area contributed by atoms with Gasteiger partial charge in [-0.2, -0.15) is 0 Å². The number of carbonyl (C=O) groups excluding carboxylic acids is 2. The molecule has 1 atom stereocenters. The van der Waals surface area contributed by atoms with E-state index >= 15 is 0 Å². The quantitative estimate of drug-likeness (QED) is 0.829. The Morgan fingerprint density at radius 3 is 2.35 bits per heavy atom. The molecule has 1 aliphatic rings. The smallest absolute Gasteiger partial charge is 0.283 e. The van der Waals surface area contributed by atoms with Crippen LogP contribution in [0.1, 0.15) is 25.0 Å². The fourth-order valence-corrected chi connectivity index (χ4v) is 2.61. The molecular weight excluding hydrogens is 332 g/mol. The third-order valence-electron chi connectivity index (χ3n) is 4.44. The molecule has 2 aromatic rings. The maximum Gasteiger partial charge on any atom is 0.283 e. The van der Waals surface area contributed by atoms with E-state index in [1.807, 2.05) is 37.3 Å². The molecule has 26 heavy (non-hydrogen) atoms. The predicted octanol–water partition coefficient (Wildman–Crippen LogP) is 2.26. The number of rotatable bonds is 3. The molecule has 2 N–H and O–H groups in total. The van der Waals surface area contributed by atoms with E-state index in [-0.39, 0.29) is 12.5 Å². The molecule has 0 saturated carbocycles. The first-order chi connectivity index (χ1) is 12.4. The lowest BCUT2D eigenvalue weighted by Crippen LogP contribution is -2.54. The van der Waals surface area contributed by atoms with Crippen molar-refractivity contribution in [3.05, 3.63) is 59.7 Å².